The highest BCUT2D eigenvalue weighted by Gasteiger charge is 2.28. The van der Waals surface area contributed by atoms with Crippen molar-refractivity contribution >= 4 is 27.6 Å². The van der Waals surface area contributed by atoms with E-state index in [0.717, 1.165) is 16.7 Å². The Morgan fingerprint density at radius 2 is 2.22 bits per heavy atom. The summed E-state index contributed by atoms with van der Waals surface area (Å²) >= 11 is 3.50. The molecular formula is C14H18BrNO2. The molecule has 4 heteroatoms. The second-order valence-corrected chi connectivity index (χ2v) is 5.97. The Morgan fingerprint density at radius 3 is 2.78 bits per heavy atom. The SMILES string of the molecule is CC(C)C1CCCN1c1ccc(C(=O)O)cc1Br. The molecule has 1 aromatic carbocycles. The number of halogens is 1. The maximum atomic E-state index is 10.9. The van der Waals surface area contributed by atoms with E-state index in [1.165, 1.54) is 12.8 Å². The van der Waals surface area contributed by atoms with Gasteiger partial charge in [-0.1, -0.05) is 13.8 Å². The zero-order chi connectivity index (χ0) is 13.3. The Balaban J connectivity index is 2.31. The number of aromatic carboxylic acids is 1. The van der Waals surface area contributed by atoms with Crippen LogP contribution in [0.2, 0.25) is 0 Å². The lowest BCUT2D eigenvalue weighted by Crippen LogP contribution is -2.33. The van der Waals surface area contributed by atoms with Gasteiger partial charge in [0.15, 0.2) is 0 Å². The second kappa shape index (κ2) is 5.31. The molecule has 0 saturated carbocycles. The minimum atomic E-state index is -0.885. The Bertz CT molecular complexity index is 459. The van der Waals surface area contributed by atoms with Gasteiger partial charge in [-0.15, -0.1) is 0 Å². The Morgan fingerprint density at radius 1 is 1.50 bits per heavy atom. The van der Waals surface area contributed by atoms with Gasteiger partial charge in [0.25, 0.3) is 0 Å². The van der Waals surface area contributed by atoms with Crippen LogP contribution in [0.4, 0.5) is 5.69 Å². The van der Waals surface area contributed by atoms with Crippen molar-refractivity contribution in [1.82, 2.24) is 0 Å². The van der Waals surface area contributed by atoms with Crippen molar-refractivity contribution in [3.63, 3.8) is 0 Å². The summed E-state index contributed by atoms with van der Waals surface area (Å²) in [4.78, 5) is 13.3. The third-order valence-corrected chi connectivity index (χ3v) is 4.21. The summed E-state index contributed by atoms with van der Waals surface area (Å²) in [6.07, 6.45) is 2.42. The van der Waals surface area contributed by atoms with Crippen LogP contribution in [0, 0.1) is 5.92 Å². The van der Waals surface area contributed by atoms with Gasteiger partial charge >= 0.3 is 5.97 Å². The molecule has 18 heavy (non-hydrogen) atoms. The molecule has 1 unspecified atom stereocenters. The molecule has 1 atom stereocenters. The number of nitrogens with zero attached hydrogens (tertiary/aromatic N) is 1. The number of hydrogen-bond acceptors (Lipinski definition) is 2. The predicted octanol–water partition coefficient (Wildman–Crippen LogP) is 3.77. The van der Waals surface area contributed by atoms with Crippen LogP contribution in [-0.2, 0) is 0 Å². The molecule has 1 heterocycles. The molecule has 0 aromatic heterocycles. The highest BCUT2D eigenvalue weighted by Crippen LogP contribution is 2.35. The molecule has 3 nitrogen and oxygen atoms in total. The largest absolute Gasteiger partial charge is 0.478 e. The molecule has 0 radical (unpaired) electrons. The Kier molecular flexibility index (Phi) is 3.95. The van der Waals surface area contributed by atoms with Gasteiger partial charge in [-0.25, -0.2) is 4.79 Å². The molecule has 0 aliphatic carbocycles. The van der Waals surface area contributed by atoms with Crippen molar-refractivity contribution in [2.45, 2.75) is 32.7 Å². The topological polar surface area (TPSA) is 40.5 Å². The van der Waals surface area contributed by atoms with Crippen LogP contribution in [0.3, 0.4) is 0 Å². The van der Waals surface area contributed by atoms with E-state index < -0.39 is 5.97 Å². The minimum Gasteiger partial charge on any atom is -0.478 e. The highest BCUT2D eigenvalue weighted by atomic mass is 79.9. The lowest BCUT2D eigenvalue weighted by Gasteiger charge is -2.30. The Hall–Kier alpha value is -1.03. The monoisotopic (exact) mass is 311 g/mol. The van der Waals surface area contributed by atoms with Crippen LogP contribution in [0.1, 0.15) is 37.0 Å². The number of hydrogen-bond donors (Lipinski definition) is 1. The number of anilines is 1. The van der Waals surface area contributed by atoms with Crippen LogP contribution in [0.25, 0.3) is 0 Å². The molecule has 1 saturated heterocycles. The average Bonchev–Trinajstić information content (AvgIpc) is 2.77. The molecule has 2 rings (SSSR count). The van der Waals surface area contributed by atoms with Crippen LogP contribution >= 0.6 is 15.9 Å². The maximum Gasteiger partial charge on any atom is 0.335 e. The molecule has 1 N–H and O–H groups in total. The Labute approximate surface area is 116 Å². The first-order chi connectivity index (χ1) is 8.50. The van der Waals surface area contributed by atoms with Gasteiger partial charge in [0, 0.05) is 17.1 Å². The van der Waals surface area contributed by atoms with Crippen molar-refractivity contribution in [2.75, 3.05) is 11.4 Å². The molecule has 1 aromatic rings. The lowest BCUT2D eigenvalue weighted by molar-refractivity contribution is 0.0697. The van der Waals surface area contributed by atoms with Gasteiger partial charge in [-0.3, -0.25) is 0 Å². The van der Waals surface area contributed by atoms with E-state index in [4.69, 9.17) is 5.11 Å². The molecule has 1 aliphatic rings. The third kappa shape index (κ3) is 2.53. The lowest BCUT2D eigenvalue weighted by atomic mass is 10.0. The summed E-state index contributed by atoms with van der Waals surface area (Å²) in [5.74, 6) is -0.275. The first-order valence-corrected chi connectivity index (χ1v) is 7.09. The fourth-order valence-electron chi connectivity index (χ4n) is 2.66. The number of rotatable bonds is 3. The highest BCUT2D eigenvalue weighted by molar-refractivity contribution is 9.10. The molecule has 1 fully saturated rings. The second-order valence-electron chi connectivity index (χ2n) is 5.12. The summed E-state index contributed by atoms with van der Waals surface area (Å²) in [5, 5.41) is 8.97. The molecule has 0 spiro atoms. The van der Waals surface area contributed by atoms with Crippen molar-refractivity contribution < 1.29 is 9.90 Å². The van der Waals surface area contributed by atoms with Crippen molar-refractivity contribution in [3.8, 4) is 0 Å². The normalized spacial score (nSPS) is 19.6. The zero-order valence-electron chi connectivity index (χ0n) is 10.7. The van der Waals surface area contributed by atoms with Crippen LogP contribution in [0.15, 0.2) is 22.7 Å². The number of carboxylic acid groups (broad SMARTS) is 1. The van der Waals surface area contributed by atoms with Crippen molar-refractivity contribution in [3.05, 3.63) is 28.2 Å². The van der Waals surface area contributed by atoms with E-state index in [-0.39, 0.29) is 0 Å². The summed E-state index contributed by atoms with van der Waals surface area (Å²) in [6, 6.07) is 5.83. The zero-order valence-corrected chi connectivity index (χ0v) is 12.3. The number of carboxylic acids is 1. The van der Waals surface area contributed by atoms with E-state index in [0.29, 0.717) is 17.5 Å². The first-order valence-electron chi connectivity index (χ1n) is 6.30. The van der Waals surface area contributed by atoms with E-state index >= 15 is 0 Å². The summed E-state index contributed by atoms with van der Waals surface area (Å²) in [7, 11) is 0. The average molecular weight is 312 g/mol. The minimum absolute atomic E-state index is 0.325. The maximum absolute atomic E-state index is 10.9. The van der Waals surface area contributed by atoms with Gasteiger partial charge in [-0.05, 0) is 52.9 Å². The van der Waals surface area contributed by atoms with Gasteiger partial charge in [0.2, 0.25) is 0 Å². The van der Waals surface area contributed by atoms with Gasteiger partial charge < -0.3 is 10.0 Å². The molecule has 1 aliphatic heterocycles. The molecule has 98 valence electrons. The van der Waals surface area contributed by atoms with Crippen molar-refractivity contribution in [1.29, 1.82) is 0 Å². The van der Waals surface area contributed by atoms with Crippen LogP contribution in [0.5, 0.6) is 0 Å². The van der Waals surface area contributed by atoms with E-state index in [1.54, 1.807) is 12.1 Å². The third-order valence-electron chi connectivity index (χ3n) is 3.57. The summed E-state index contributed by atoms with van der Waals surface area (Å²) in [5.41, 5.74) is 1.43. The van der Waals surface area contributed by atoms with E-state index in [1.807, 2.05) is 6.07 Å². The summed E-state index contributed by atoms with van der Waals surface area (Å²) in [6.45, 7) is 5.53. The fourth-order valence-corrected chi connectivity index (χ4v) is 3.26. The number of benzene rings is 1. The van der Waals surface area contributed by atoms with Gasteiger partial charge in [0.05, 0.1) is 11.3 Å². The van der Waals surface area contributed by atoms with Crippen molar-refractivity contribution in [2.24, 2.45) is 5.92 Å². The van der Waals surface area contributed by atoms with E-state index in [9.17, 15) is 4.79 Å². The predicted molar refractivity (Wildman–Crippen MR) is 76.3 cm³/mol. The quantitative estimate of drug-likeness (QED) is 0.923. The standard InChI is InChI=1S/C14H18BrNO2/c1-9(2)12-4-3-7-16(12)13-6-5-10(14(17)18)8-11(13)15/h5-6,8-9,12H,3-4,7H2,1-2H3,(H,17,18). The van der Waals surface area contributed by atoms with Crippen LogP contribution < -0.4 is 4.90 Å². The first kappa shape index (κ1) is 13.4. The smallest absolute Gasteiger partial charge is 0.335 e. The number of carbonyl (C=O) groups is 1. The fraction of sp³-hybridized carbons (Fsp3) is 0.500. The summed E-state index contributed by atoms with van der Waals surface area (Å²) < 4.78 is 0.870. The molecule has 0 bridgehead atoms. The molecule has 0 amide bonds. The van der Waals surface area contributed by atoms with E-state index in [2.05, 4.69) is 34.7 Å². The molecular weight excluding hydrogens is 294 g/mol. The van der Waals surface area contributed by atoms with Crippen LogP contribution in [-0.4, -0.2) is 23.7 Å². The van der Waals surface area contributed by atoms with Gasteiger partial charge in [0.1, 0.15) is 0 Å². The van der Waals surface area contributed by atoms with Gasteiger partial charge in [-0.2, -0.15) is 0 Å².